The number of hydrogen-bond donors (Lipinski definition) is 3. The van der Waals surface area contributed by atoms with Crippen LogP contribution in [0.2, 0.25) is 0 Å². The fourth-order valence-electron chi connectivity index (χ4n) is 4.25. The van der Waals surface area contributed by atoms with E-state index in [0.717, 1.165) is 10.5 Å². The highest BCUT2D eigenvalue weighted by Crippen LogP contribution is 2.26. The van der Waals surface area contributed by atoms with Crippen LogP contribution in [0.15, 0.2) is 54.6 Å². The van der Waals surface area contributed by atoms with Gasteiger partial charge < -0.3 is 19.9 Å². The summed E-state index contributed by atoms with van der Waals surface area (Å²) in [7, 11) is -3.30. The van der Waals surface area contributed by atoms with Gasteiger partial charge in [0.15, 0.2) is 0 Å². The SMILES string of the molecule is CC(C(=O)[C@@H](C)Cc1ccc(OS(=O)(=O)O)cc1)[C@H](CC(=O)O)C(=O)N(C)[C@@H](Cc1ccccc1)C(N)=O. The van der Waals surface area contributed by atoms with Gasteiger partial charge in [0.2, 0.25) is 11.8 Å². The molecule has 206 valence electrons. The number of aliphatic carboxylic acids is 1. The average Bonchev–Trinajstić information content (AvgIpc) is 2.84. The molecule has 0 fully saturated rings. The monoisotopic (exact) mass is 548 g/mol. The lowest BCUT2D eigenvalue weighted by molar-refractivity contribution is -0.150. The van der Waals surface area contributed by atoms with Crippen LogP contribution in [0.25, 0.3) is 0 Å². The second-order valence-corrected chi connectivity index (χ2v) is 10.2. The van der Waals surface area contributed by atoms with E-state index >= 15 is 0 Å². The van der Waals surface area contributed by atoms with Crippen molar-refractivity contribution in [2.75, 3.05) is 7.05 Å². The van der Waals surface area contributed by atoms with Gasteiger partial charge in [-0.05, 0) is 29.7 Å². The Labute approximate surface area is 221 Å². The number of amides is 2. The topological polar surface area (TPSA) is 181 Å². The number of carbonyl (C=O) groups excluding carboxylic acids is 3. The summed E-state index contributed by atoms with van der Waals surface area (Å²) in [6, 6.07) is 13.5. The van der Waals surface area contributed by atoms with E-state index in [1.165, 1.54) is 38.2 Å². The first-order chi connectivity index (χ1) is 17.7. The Bertz CT molecular complexity index is 1250. The van der Waals surface area contributed by atoms with Crippen molar-refractivity contribution in [3.05, 3.63) is 65.7 Å². The molecule has 0 aliphatic heterocycles. The van der Waals surface area contributed by atoms with Crippen LogP contribution in [-0.2, 0) is 42.4 Å². The molecule has 2 aromatic carbocycles. The quantitative estimate of drug-likeness (QED) is 0.297. The number of hydrogen-bond acceptors (Lipinski definition) is 7. The van der Waals surface area contributed by atoms with E-state index in [2.05, 4.69) is 4.18 Å². The van der Waals surface area contributed by atoms with Crippen LogP contribution in [0.3, 0.4) is 0 Å². The van der Waals surface area contributed by atoms with Gasteiger partial charge in [0.05, 0.1) is 12.3 Å². The average molecular weight is 549 g/mol. The Morgan fingerprint density at radius 3 is 2.00 bits per heavy atom. The number of primary amides is 1. The van der Waals surface area contributed by atoms with E-state index in [4.69, 9.17) is 10.3 Å². The summed E-state index contributed by atoms with van der Waals surface area (Å²) < 4.78 is 34.8. The normalized spacial score (nSPS) is 14.5. The zero-order chi connectivity index (χ0) is 28.6. The molecule has 0 aromatic heterocycles. The van der Waals surface area contributed by atoms with E-state index < -0.39 is 58.4 Å². The predicted molar refractivity (Wildman–Crippen MR) is 137 cm³/mol. The minimum atomic E-state index is -4.67. The van der Waals surface area contributed by atoms with Crippen molar-refractivity contribution >= 4 is 34.0 Å². The molecular formula is C26H32N2O9S. The molecule has 11 nitrogen and oxygen atoms in total. The second-order valence-electron chi connectivity index (χ2n) is 9.21. The van der Waals surface area contributed by atoms with Crippen LogP contribution < -0.4 is 9.92 Å². The maximum atomic E-state index is 13.4. The summed E-state index contributed by atoms with van der Waals surface area (Å²) in [5, 5.41) is 9.46. The molecule has 2 amide bonds. The van der Waals surface area contributed by atoms with Gasteiger partial charge in [0.25, 0.3) is 0 Å². The fraction of sp³-hybridized carbons (Fsp3) is 0.385. The Morgan fingerprint density at radius 2 is 1.50 bits per heavy atom. The maximum Gasteiger partial charge on any atom is 0.446 e. The Hall–Kier alpha value is -3.77. The molecule has 2 rings (SSSR count). The molecule has 4 atom stereocenters. The number of carbonyl (C=O) groups is 4. The van der Waals surface area contributed by atoms with Gasteiger partial charge in [-0.3, -0.25) is 23.7 Å². The van der Waals surface area contributed by atoms with Crippen molar-refractivity contribution in [1.29, 1.82) is 0 Å². The predicted octanol–water partition coefficient (Wildman–Crippen LogP) is 1.90. The first kappa shape index (κ1) is 30.5. The minimum Gasteiger partial charge on any atom is -0.481 e. The van der Waals surface area contributed by atoms with Gasteiger partial charge in [-0.25, -0.2) is 0 Å². The Morgan fingerprint density at radius 1 is 0.947 bits per heavy atom. The minimum absolute atomic E-state index is 0.113. The second kappa shape index (κ2) is 13.2. The van der Waals surface area contributed by atoms with Crippen LogP contribution in [0.5, 0.6) is 5.75 Å². The molecular weight excluding hydrogens is 516 g/mol. The Kier molecular flexibility index (Phi) is 10.5. The summed E-state index contributed by atoms with van der Waals surface area (Å²) in [5.41, 5.74) is 6.98. The molecule has 0 heterocycles. The Balaban J connectivity index is 2.18. The zero-order valence-electron chi connectivity index (χ0n) is 21.3. The molecule has 38 heavy (non-hydrogen) atoms. The van der Waals surface area contributed by atoms with Gasteiger partial charge in [0, 0.05) is 25.3 Å². The lowest BCUT2D eigenvalue weighted by atomic mass is 9.80. The van der Waals surface area contributed by atoms with Crippen molar-refractivity contribution in [3.8, 4) is 5.75 Å². The summed E-state index contributed by atoms with van der Waals surface area (Å²) in [6.45, 7) is 3.12. The smallest absolute Gasteiger partial charge is 0.446 e. The van der Waals surface area contributed by atoms with Crippen molar-refractivity contribution < 1.29 is 41.4 Å². The first-order valence-electron chi connectivity index (χ1n) is 11.8. The number of benzene rings is 2. The van der Waals surface area contributed by atoms with Crippen LogP contribution in [0, 0.1) is 17.8 Å². The largest absolute Gasteiger partial charge is 0.481 e. The van der Waals surface area contributed by atoms with Crippen molar-refractivity contribution in [2.45, 2.75) is 39.2 Å². The maximum absolute atomic E-state index is 13.4. The van der Waals surface area contributed by atoms with E-state index in [1.807, 2.05) is 0 Å². The fourth-order valence-corrected chi connectivity index (χ4v) is 4.61. The van der Waals surface area contributed by atoms with E-state index in [9.17, 15) is 32.7 Å². The first-order valence-corrected chi connectivity index (χ1v) is 13.2. The number of carboxylic acid groups (broad SMARTS) is 1. The standard InChI is InChI=1S/C26H32N2O9S/c1-16(13-19-9-11-20(12-10-19)37-38(34,35)36)24(31)17(2)21(15-23(29)30)26(33)28(3)22(25(27)32)14-18-7-5-4-6-8-18/h4-12,16-17,21-22H,13-15H2,1-3H3,(H2,27,32)(H,29,30)(H,34,35,36)/t16-,17?,21-,22-/m0/s1. The highest BCUT2D eigenvalue weighted by molar-refractivity contribution is 7.81. The van der Waals surface area contributed by atoms with Crippen LogP contribution in [0.1, 0.15) is 31.4 Å². The van der Waals surface area contributed by atoms with Crippen LogP contribution in [-0.4, -0.2) is 59.6 Å². The molecule has 0 aliphatic carbocycles. The van der Waals surface area contributed by atoms with Crippen molar-refractivity contribution in [2.24, 2.45) is 23.5 Å². The molecule has 1 unspecified atom stereocenters. The third-order valence-electron chi connectivity index (χ3n) is 6.33. The van der Waals surface area contributed by atoms with Crippen molar-refractivity contribution in [1.82, 2.24) is 4.90 Å². The van der Waals surface area contributed by atoms with Gasteiger partial charge in [-0.15, -0.1) is 0 Å². The molecule has 0 bridgehead atoms. The van der Waals surface area contributed by atoms with Gasteiger partial charge in [-0.2, -0.15) is 8.42 Å². The van der Waals surface area contributed by atoms with Crippen LogP contribution in [0.4, 0.5) is 0 Å². The molecule has 12 heteroatoms. The summed E-state index contributed by atoms with van der Waals surface area (Å²) in [6.07, 6.45) is -0.257. The number of nitrogens with zero attached hydrogens (tertiary/aromatic N) is 1. The molecule has 4 N–H and O–H groups in total. The highest BCUT2D eigenvalue weighted by Gasteiger charge is 2.38. The molecule has 0 radical (unpaired) electrons. The lowest BCUT2D eigenvalue weighted by Gasteiger charge is -2.32. The molecule has 0 saturated carbocycles. The van der Waals surface area contributed by atoms with Gasteiger partial charge in [-0.1, -0.05) is 56.3 Å². The molecule has 0 spiro atoms. The molecule has 2 aromatic rings. The lowest BCUT2D eigenvalue weighted by Crippen LogP contribution is -2.51. The number of Topliss-reactive ketones (excluding diaryl/α,β-unsaturated/α-hetero) is 1. The third kappa shape index (κ3) is 8.96. The van der Waals surface area contributed by atoms with E-state index in [0.29, 0.717) is 5.56 Å². The summed E-state index contributed by atoms with van der Waals surface area (Å²) in [4.78, 5) is 51.6. The van der Waals surface area contributed by atoms with Crippen LogP contribution >= 0.6 is 0 Å². The van der Waals surface area contributed by atoms with Crippen molar-refractivity contribution in [3.63, 3.8) is 0 Å². The third-order valence-corrected chi connectivity index (χ3v) is 6.74. The molecule has 0 aliphatic rings. The van der Waals surface area contributed by atoms with Gasteiger partial charge in [0.1, 0.15) is 17.6 Å². The molecule has 0 saturated heterocycles. The summed E-state index contributed by atoms with van der Waals surface area (Å²) >= 11 is 0. The van der Waals surface area contributed by atoms with E-state index in [-0.39, 0.29) is 24.4 Å². The van der Waals surface area contributed by atoms with Gasteiger partial charge >= 0.3 is 16.4 Å². The number of ketones is 1. The number of likely N-dealkylation sites (N-methyl/N-ethyl adjacent to an activating group) is 1. The summed E-state index contributed by atoms with van der Waals surface area (Å²) in [5.74, 6) is -5.99. The number of nitrogens with two attached hydrogens (primary N) is 1. The highest BCUT2D eigenvalue weighted by atomic mass is 32.3. The van der Waals surface area contributed by atoms with E-state index in [1.54, 1.807) is 37.3 Å². The zero-order valence-corrected chi connectivity index (χ0v) is 22.1. The number of carboxylic acids is 1. The number of rotatable bonds is 14.